The summed E-state index contributed by atoms with van der Waals surface area (Å²) >= 11 is 0. The number of hydrogen-bond donors (Lipinski definition) is 2. The Hall–Kier alpha value is -1.85. The standard InChI is InChI=1S/C12H20N4O2/c1-8-7-9(13)16-10(15-8)5-6-14-11(17)18-12(2,3)4/h7H,5-6H2,1-4H3,(H,14,17)(H2,13,15,16). The molecule has 0 radical (unpaired) electrons. The van der Waals surface area contributed by atoms with E-state index in [9.17, 15) is 4.79 Å². The molecule has 100 valence electrons. The first kappa shape index (κ1) is 14.2. The zero-order chi connectivity index (χ0) is 13.8. The van der Waals surface area contributed by atoms with Gasteiger partial charge in [-0.3, -0.25) is 0 Å². The largest absolute Gasteiger partial charge is 0.444 e. The van der Waals surface area contributed by atoms with Crippen LogP contribution in [0.4, 0.5) is 10.6 Å². The van der Waals surface area contributed by atoms with Crippen molar-refractivity contribution in [3.8, 4) is 0 Å². The van der Waals surface area contributed by atoms with Crippen molar-refractivity contribution in [1.82, 2.24) is 15.3 Å². The van der Waals surface area contributed by atoms with Gasteiger partial charge in [-0.25, -0.2) is 14.8 Å². The van der Waals surface area contributed by atoms with E-state index < -0.39 is 11.7 Å². The first-order valence-corrected chi connectivity index (χ1v) is 5.83. The monoisotopic (exact) mass is 252 g/mol. The van der Waals surface area contributed by atoms with E-state index in [4.69, 9.17) is 10.5 Å². The number of anilines is 1. The molecule has 0 atom stereocenters. The van der Waals surface area contributed by atoms with Gasteiger partial charge in [-0.2, -0.15) is 0 Å². The number of alkyl carbamates (subject to hydrolysis) is 1. The predicted molar refractivity (Wildman–Crippen MR) is 69.1 cm³/mol. The minimum absolute atomic E-state index is 0.414. The summed E-state index contributed by atoms with van der Waals surface area (Å²) in [5.41, 5.74) is 5.93. The van der Waals surface area contributed by atoms with Crippen LogP contribution in [0.3, 0.4) is 0 Å². The first-order valence-electron chi connectivity index (χ1n) is 5.83. The smallest absolute Gasteiger partial charge is 0.407 e. The van der Waals surface area contributed by atoms with Crippen molar-refractivity contribution in [2.24, 2.45) is 0 Å². The number of amides is 1. The minimum Gasteiger partial charge on any atom is -0.444 e. The van der Waals surface area contributed by atoms with E-state index >= 15 is 0 Å². The summed E-state index contributed by atoms with van der Waals surface area (Å²) in [4.78, 5) is 19.7. The molecule has 3 N–H and O–H groups in total. The van der Waals surface area contributed by atoms with Gasteiger partial charge in [0.15, 0.2) is 0 Å². The van der Waals surface area contributed by atoms with E-state index in [1.807, 2.05) is 27.7 Å². The second-order valence-electron chi connectivity index (χ2n) is 5.03. The highest BCUT2D eigenvalue weighted by Gasteiger charge is 2.15. The number of nitrogens with zero attached hydrogens (tertiary/aromatic N) is 2. The maximum absolute atomic E-state index is 11.4. The second kappa shape index (κ2) is 5.66. The van der Waals surface area contributed by atoms with Crippen molar-refractivity contribution in [2.75, 3.05) is 12.3 Å². The van der Waals surface area contributed by atoms with Crippen molar-refractivity contribution in [3.63, 3.8) is 0 Å². The van der Waals surface area contributed by atoms with Crippen LogP contribution in [0.1, 0.15) is 32.3 Å². The van der Waals surface area contributed by atoms with Crippen molar-refractivity contribution >= 4 is 11.9 Å². The van der Waals surface area contributed by atoms with E-state index in [2.05, 4.69) is 15.3 Å². The Labute approximate surface area is 107 Å². The molecule has 0 saturated carbocycles. The Bertz CT molecular complexity index is 406. The van der Waals surface area contributed by atoms with Crippen LogP contribution in [0.15, 0.2) is 6.07 Å². The summed E-state index contributed by atoms with van der Waals surface area (Å²) in [5, 5.41) is 2.64. The Kier molecular flexibility index (Phi) is 4.47. The van der Waals surface area contributed by atoms with Gasteiger partial charge in [0.25, 0.3) is 0 Å². The summed E-state index contributed by atoms with van der Waals surface area (Å²) in [7, 11) is 0. The van der Waals surface area contributed by atoms with Gasteiger partial charge >= 0.3 is 6.09 Å². The Morgan fingerprint density at radius 3 is 2.67 bits per heavy atom. The van der Waals surface area contributed by atoms with Gasteiger partial charge in [0, 0.05) is 24.7 Å². The normalized spacial score (nSPS) is 11.1. The fourth-order valence-corrected chi connectivity index (χ4v) is 1.36. The second-order valence-corrected chi connectivity index (χ2v) is 5.03. The highest BCUT2D eigenvalue weighted by atomic mass is 16.6. The average Bonchev–Trinajstić information content (AvgIpc) is 2.12. The van der Waals surface area contributed by atoms with Gasteiger partial charge < -0.3 is 15.8 Å². The lowest BCUT2D eigenvalue weighted by Gasteiger charge is -2.19. The molecule has 1 rings (SSSR count). The van der Waals surface area contributed by atoms with Gasteiger partial charge in [-0.15, -0.1) is 0 Å². The van der Waals surface area contributed by atoms with Crippen LogP contribution in [0, 0.1) is 6.92 Å². The van der Waals surface area contributed by atoms with Crippen molar-refractivity contribution in [2.45, 2.75) is 39.7 Å². The Morgan fingerprint density at radius 2 is 2.11 bits per heavy atom. The number of aromatic nitrogens is 2. The number of hydrogen-bond acceptors (Lipinski definition) is 5. The summed E-state index contributed by atoms with van der Waals surface area (Å²) in [5.74, 6) is 1.05. The molecule has 0 bridgehead atoms. The molecule has 0 spiro atoms. The molecule has 0 aromatic carbocycles. The Balaban J connectivity index is 2.40. The van der Waals surface area contributed by atoms with Crippen molar-refractivity contribution < 1.29 is 9.53 Å². The topological polar surface area (TPSA) is 90.1 Å². The number of ether oxygens (including phenoxy) is 1. The fourth-order valence-electron chi connectivity index (χ4n) is 1.36. The quantitative estimate of drug-likeness (QED) is 0.849. The molecule has 6 nitrogen and oxygen atoms in total. The van der Waals surface area contributed by atoms with E-state index in [0.29, 0.717) is 24.6 Å². The molecule has 18 heavy (non-hydrogen) atoms. The Morgan fingerprint density at radius 1 is 1.44 bits per heavy atom. The molecule has 0 aliphatic carbocycles. The molecule has 6 heteroatoms. The third kappa shape index (κ3) is 5.47. The third-order valence-corrected chi connectivity index (χ3v) is 1.94. The zero-order valence-electron chi connectivity index (χ0n) is 11.3. The van der Waals surface area contributed by atoms with Crippen molar-refractivity contribution in [1.29, 1.82) is 0 Å². The molecule has 0 unspecified atom stereocenters. The number of nitrogen functional groups attached to an aromatic ring is 1. The van der Waals surface area contributed by atoms with Crippen LogP contribution in [0.25, 0.3) is 0 Å². The maximum atomic E-state index is 11.4. The first-order chi connectivity index (χ1) is 8.26. The fraction of sp³-hybridized carbons (Fsp3) is 0.583. The lowest BCUT2D eigenvalue weighted by atomic mass is 10.2. The van der Waals surface area contributed by atoms with Crippen LogP contribution < -0.4 is 11.1 Å². The molecule has 0 aliphatic heterocycles. The minimum atomic E-state index is -0.492. The lowest BCUT2D eigenvalue weighted by molar-refractivity contribution is 0.0528. The van der Waals surface area contributed by atoms with Gasteiger partial charge in [0.05, 0.1) is 0 Å². The highest BCUT2D eigenvalue weighted by molar-refractivity contribution is 5.67. The van der Waals surface area contributed by atoms with Gasteiger partial charge in [0.1, 0.15) is 17.2 Å². The average molecular weight is 252 g/mol. The van der Waals surface area contributed by atoms with Crippen LogP contribution in [-0.4, -0.2) is 28.2 Å². The van der Waals surface area contributed by atoms with E-state index in [-0.39, 0.29) is 0 Å². The van der Waals surface area contributed by atoms with Crippen LogP contribution in [0.5, 0.6) is 0 Å². The molecular formula is C12H20N4O2. The summed E-state index contributed by atoms with van der Waals surface area (Å²) < 4.78 is 5.11. The summed E-state index contributed by atoms with van der Waals surface area (Å²) in [6, 6.07) is 1.70. The van der Waals surface area contributed by atoms with Gasteiger partial charge in [-0.1, -0.05) is 0 Å². The highest BCUT2D eigenvalue weighted by Crippen LogP contribution is 2.06. The van der Waals surface area contributed by atoms with Crippen LogP contribution in [-0.2, 0) is 11.2 Å². The number of nitrogens with one attached hydrogen (secondary N) is 1. The molecule has 1 amide bonds. The molecule has 0 saturated heterocycles. The molecule has 1 heterocycles. The van der Waals surface area contributed by atoms with Crippen LogP contribution in [0.2, 0.25) is 0 Å². The van der Waals surface area contributed by atoms with Crippen LogP contribution >= 0.6 is 0 Å². The zero-order valence-corrected chi connectivity index (χ0v) is 11.3. The molecule has 1 aromatic heterocycles. The number of aryl methyl sites for hydroxylation is 1. The number of carbonyl (C=O) groups is 1. The maximum Gasteiger partial charge on any atom is 0.407 e. The third-order valence-electron chi connectivity index (χ3n) is 1.94. The van der Waals surface area contributed by atoms with E-state index in [0.717, 1.165) is 5.69 Å². The SMILES string of the molecule is Cc1cc(N)nc(CCNC(=O)OC(C)(C)C)n1. The molecule has 0 fully saturated rings. The van der Waals surface area contributed by atoms with Gasteiger partial charge in [0.2, 0.25) is 0 Å². The molecule has 1 aromatic rings. The number of nitrogens with two attached hydrogens (primary N) is 1. The number of rotatable bonds is 3. The van der Waals surface area contributed by atoms with E-state index in [1.165, 1.54) is 0 Å². The van der Waals surface area contributed by atoms with E-state index in [1.54, 1.807) is 6.07 Å². The molecule has 0 aliphatic rings. The molecular weight excluding hydrogens is 232 g/mol. The summed E-state index contributed by atoms with van der Waals surface area (Å²) in [6.07, 6.45) is 0.0774. The predicted octanol–water partition coefficient (Wildman–Crippen LogP) is 1.43. The van der Waals surface area contributed by atoms with Gasteiger partial charge in [-0.05, 0) is 27.7 Å². The van der Waals surface area contributed by atoms with Crippen molar-refractivity contribution in [3.05, 3.63) is 17.6 Å². The summed E-state index contributed by atoms with van der Waals surface area (Å²) in [6.45, 7) is 7.71. The number of carbonyl (C=O) groups excluding carboxylic acids is 1. The lowest BCUT2D eigenvalue weighted by Crippen LogP contribution is -2.33.